The first-order valence-electron chi connectivity index (χ1n) is 9.80. The summed E-state index contributed by atoms with van der Waals surface area (Å²) in [6.45, 7) is 3.98. The molecule has 0 radical (unpaired) electrons. The molecule has 0 atom stereocenters. The van der Waals surface area contributed by atoms with Gasteiger partial charge in [-0.1, -0.05) is 6.07 Å². The number of carbonyl (C=O) groups is 1. The largest absolute Gasteiger partial charge is 0.318 e. The molecule has 0 saturated heterocycles. The van der Waals surface area contributed by atoms with Crippen molar-refractivity contribution in [1.29, 1.82) is 0 Å². The Labute approximate surface area is 172 Å². The second kappa shape index (κ2) is 6.81. The van der Waals surface area contributed by atoms with Crippen LogP contribution in [0.15, 0.2) is 46.8 Å². The number of fused-ring (bicyclic) bond motifs is 2. The lowest BCUT2D eigenvalue weighted by Crippen LogP contribution is -2.24. The molecule has 5 nitrogen and oxygen atoms in total. The molecule has 29 heavy (non-hydrogen) atoms. The first-order chi connectivity index (χ1) is 14.0. The van der Waals surface area contributed by atoms with E-state index in [1.165, 1.54) is 39.8 Å². The number of aryl methyl sites for hydroxylation is 3. The molecular formula is C23H21N3O2S. The van der Waals surface area contributed by atoms with Gasteiger partial charge in [0.2, 0.25) is 0 Å². The predicted octanol–water partition coefficient (Wildman–Crippen LogP) is 4.24. The summed E-state index contributed by atoms with van der Waals surface area (Å²) < 4.78 is 3.54. The van der Waals surface area contributed by atoms with E-state index in [1.54, 1.807) is 6.07 Å². The van der Waals surface area contributed by atoms with Crippen LogP contribution < -0.4 is 5.56 Å². The van der Waals surface area contributed by atoms with Crippen molar-refractivity contribution in [2.24, 2.45) is 0 Å². The van der Waals surface area contributed by atoms with Crippen molar-refractivity contribution >= 4 is 27.3 Å². The molecule has 3 aromatic heterocycles. The van der Waals surface area contributed by atoms with Crippen LogP contribution in [-0.2, 0) is 19.4 Å². The number of hydrogen-bond acceptors (Lipinski definition) is 4. The van der Waals surface area contributed by atoms with Crippen molar-refractivity contribution in [3.05, 3.63) is 80.5 Å². The van der Waals surface area contributed by atoms with Gasteiger partial charge in [-0.3, -0.25) is 14.2 Å². The highest BCUT2D eigenvalue weighted by molar-refractivity contribution is 7.16. The average molecular weight is 404 g/mol. The van der Waals surface area contributed by atoms with Crippen LogP contribution in [0.25, 0.3) is 15.9 Å². The summed E-state index contributed by atoms with van der Waals surface area (Å²) in [6.07, 6.45) is 4.96. The quantitative estimate of drug-likeness (QED) is 0.479. The minimum Gasteiger partial charge on any atom is -0.318 e. The second-order valence-corrected chi connectivity index (χ2v) is 8.56. The van der Waals surface area contributed by atoms with Crippen molar-refractivity contribution in [2.75, 3.05) is 0 Å². The maximum Gasteiger partial charge on any atom is 0.262 e. The van der Waals surface area contributed by atoms with Crippen molar-refractivity contribution in [2.45, 2.75) is 39.7 Å². The van der Waals surface area contributed by atoms with Gasteiger partial charge in [-0.2, -0.15) is 0 Å². The lowest BCUT2D eigenvalue weighted by molar-refractivity contribution is 0.0970. The molecular weight excluding hydrogens is 382 g/mol. The third-order valence-electron chi connectivity index (χ3n) is 5.84. The van der Waals surface area contributed by atoms with E-state index in [0.717, 1.165) is 29.9 Å². The summed E-state index contributed by atoms with van der Waals surface area (Å²) >= 11 is 1.43. The Morgan fingerprint density at radius 2 is 1.97 bits per heavy atom. The third-order valence-corrected chi connectivity index (χ3v) is 6.66. The molecule has 0 bridgehead atoms. The molecule has 0 saturated carbocycles. The highest BCUT2D eigenvalue weighted by Crippen LogP contribution is 2.27. The monoisotopic (exact) mass is 403 g/mol. The van der Waals surface area contributed by atoms with Crippen LogP contribution in [0.5, 0.6) is 0 Å². The number of benzene rings is 1. The van der Waals surface area contributed by atoms with E-state index in [9.17, 15) is 9.59 Å². The number of rotatable bonds is 4. The molecule has 0 amide bonds. The Bertz CT molecular complexity index is 1330. The maximum atomic E-state index is 13.0. The van der Waals surface area contributed by atoms with E-state index in [0.29, 0.717) is 15.8 Å². The number of aromatic nitrogens is 3. The zero-order valence-corrected chi connectivity index (χ0v) is 17.3. The second-order valence-electron chi connectivity index (χ2n) is 7.67. The van der Waals surface area contributed by atoms with E-state index in [2.05, 4.69) is 27.8 Å². The topological polar surface area (TPSA) is 56.9 Å². The van der Waals surface area contributed by atoms with Crippen LogP contribution in [0.1, 0.15) is 39.3 Å². The fraction of sp³-hybridized carbons (Fsp3) is 0.261. The Hall–Kier alpha value is -2.99. The molecule has 1 aromatic carbocycles. The van der Waals surface area contributed by atoms with Gasteiger partial charge in [0.15, 0.2) is 5.78 Å². The van der Waals surface area contributed by atoms with Crippen molar-refractivity contribution in [3.8, 4) is 5.69 Å². The van der Waals surface area contributed by atoms with Crippen LogP contribution in [0.3, 0.4) is 0 Å². The maximum absolute atomic E-state index is 13.0. The SMILES string of the molecule is Cc1cc(C(=O)Cn2cnc3sccc3c2=O)c(C)n1-c1ccc2c(c1)CCC2. The van der Waals surface area contributed by atoms with Crippen LogP contribution in [-0.4, -0.2) is 19.9 Å². The molecule has 146 valence electrons. The predicted molar refractivity (Wildman–Crippen MR) is 115 cm³/mol. The summed E-state index contributed by atoms with van der Waals surface area (Å²) in [5.74, 6) is -0.0796. The molecule has 0 spiro atoms. The highest BCUT2D eigenvalue weighted by atomic mass is 32.1. The van der Waals surface area contributed by atoms with Gasteiger partial charge >= 0.3 is 0 Å². The van der Waals surface area contributed by atoms with Gasteiger partial charge in [0.05, 0.1) is 18.3 Å². The number of nitrogens with zero attached hydrogens (tertiary/aromatic N) is 3. The van der Waals surface area contributed by atoms with Crippen LogP contribution in [0.2, 0.25) is 0 Å². The fourth-order valence-electron chi connectivity index (χ4n) is 4.39. The van der Waals surface area contributed by atoms with Crippen LogP contribution in [0.4, 0.5) is 0 Å². The Balaban J connectivity index is 1.50. The first kappa shape index (κ1) is 18.1. The van der Waals surface area contributed by atoms with E-state index < -0.39 is 0 Å². The molecule has 0 unspecified atom stereocenters. The average Bonchev–Trinajstić information content (AvgIpc) is 3.42. The lowest BCUT2D eigenvalue weighted by atomic mass is 10.1. The number of ketones is 1. The van der Waals surface area contributed by atoms with Gasteiger partial charge in [-0.05, 0) is 73.9 Å². The van der Waals surface area contributed by atoms with Gasteiger partial charge < -0.3 is 4.57 Å². The fourth-order valence-corrected chi connectivity index (χ4v) is 5.11. The summed E-state index contributed by atoms with van der Waals surface area (Å²) in [7, 11) is 0. The molecule has 1 aliphatic rings. The summed E-state index contributed by atoms with van der Waals surface area (Å²) in [5, 5.41) is 2.41. The van der Waals surface area contributed by atoms with E-state index in [1.807, 2.05) is 25.3 Å². The molecule has 4 aromatic rings. The number of carbonyl (C=O) groups excluding carboxylic acids is 1. The third kappa shape index (κ3) is 2.95. The van der Waals surface area contributed by atoms with E-state index in [-0.39, 0.29) is 17.9 Å². The van der Waals surface area contributed by atoms with E-state index in [4.69, 9.17) is 0 Å². The summed E-state index contributed by atoms with van der Waals surface area (Å²) in [5.41, 5.74) is 6.34. The molecule has 0 aliphatic heterocycles. The highest BCUT2D eigenvalue weighted by Gasteiger charge is 2.19. The van der Waals surface area contributed by atoms with E-state index >= 15 is 0 Å². The number of hydrogen-bond donors (Lipinski definition) is 0. The van der Waals surface area contributed by atoms with Crippen molar-refractivity contribution < 1.29 is 4.79 Å². The Kier molecular flexibility index (Phi) is 4.24. The van der Waals surface area contributed by atoms with Gasteiger partial charge in [-0.25, -0.2) is 4.98 Å². The zero-order valence-electron chi connectivity index (χ0n) is 16.4. The molecule has 0 N–H and O–H groups in total. The van der Waals surface area contributed by atoms with Crippen LogP contribution >= 0.6 is 11.3 Å². The van der Waals surface area contributed by atoms with Crippen molar-refractivity contribution in [1.82, 2.24) is 14.1 Å². The number of Topliss-reactive ketones (excluding diaryl/α,β-unsaturated/α-hetero) is 1. The molecule has 1 aliphatic carbocycles. The van der Waals surface area contributed by atoms with Crippen molar-refractivity contribution in [3.63, 3.8) is 0 Å². The van der Waals surface area contributed by atoms with Crippen LogP contribution in [0, 0.1) is 13.8 Å². The lowest BCUT2D eigenvalue weighted by Gasteiger charge is -2.12. The minimum absolute atomic E-state index is 0.00784. The van der Waals surface area contributed by atoms with Gasteiger partial charge in [0.1, 0.15) is 4.83 Å². The first-order valence-corrected chi connectivity index (χ1v) is 10.7. The Morgan fingerprint density at radius 1 is 1.14 bits per heavy atom. The summed E-state index contributed by atoms with van der Waals surface area (Å²) in [6, 6.07) is 10.3. The minimum atomic E-state index is -0.169. The molecule has 6 heteroatoms. The van der Waals surface area contributed by atoms with Gasteiger partial charge in [0, 0.05) is 22.6 Å². The molecule has 3 heterocycles. The van der Waals surface area contributed by atoms with Gasteiger partial charge in [0.25, 0.3) is 5.56 Å². The smallest absolute Gasteiger partial charge is 0.262 e. The zero-order chi connectivity index (χ0) is 20.1. The Morgan fingerprint density at radius 3 is 2.83 bits per heavy atom. The summed E-state index contributed by atoms with van der Waals surface area (Å²) in [4.78, 5) is 30.7. The number of thiophene rings is 1. The molecule has 0 fully saturated rings. The standard InChI is InChI=1S/C23H21N3O2S/c1-14-10-20(15(2)26(14)18-7-6-16-4-3-5-17(16)11-18)21(27)12-25-13-24-22-19(23(25)28)8-9-29-22/h6-11,13H,3-5,12H2,1-2H3. The normalized spacial score (nSPS) is 13.2. The van der Waals surface area contributed by atoms with Gasteiger partial charge in [-0.15, -0.1) is 11.3 Å². The molecule has 5 rings (SSSR count).